The standard InChI is InChI=1S/C23H27N5O7S.C14H14N8O4S3/c1-4-26-10-11-27(19(32)18(26)31)22(35)25-13(12-8-6-5-7-9-12)16(29)24-14-17(30)28-15(21(33)34)23(2,3)36-20(14)28;1-6-17-18-14(29-6)28-4-7-3-27-12-9(11(24)22(12)10(7)13(25)26)16-8(23)2-21-5-15-19-20-21/h5-9,13-15,20H,4,10-11H2,1-3H3,(H,24,29)(H,25,35)(H,33,34);5,9,12H,2-4H2,1H3,(H,16,23)(H,25,26)/t13-,14-,15+,20-;9-,12-/m11/s1. The van der Waals surface area contributed by atoms with E-state index >= 15 is 0 Å². The number of hydrogen-bond donors (Lipinski definition) is 5. The molecule has 7 heterocycles. The first kappa shape index (κ1) is 46.9. The van der Waals surface area contributed by atoms with Crippen molar-refractivity contribution in [3.63, 3.8) is 0 Å². The summed E-state index contributed by atoms with van der Waals surface area (Å²) in [4.78, 5) is 117. The van der Waals surface area contributed by atoms with E-state index < -0.39 is 93.1 Å². The summed E-state index contributed by atoms with van der Waals surface area (Å²) in [6.45, 7) is 7.39. The quantitative estimate of drug-likeness (QED) is 0.0789. The Morgan fingerprint density at radius 3 is 2.31 bits per heavy atom. The second-order valence-corrected chi connectivity index (χ2v) is 20.6. The van der Waals surface area contributed by atoms with Crippen molar-refractivity contribution in [2.24, 2.45) is 0 Å². The van der Waals surface area contributed by atoms with E-state index in [1.807, 2.05) is 6.92 Å². The first-order valence-corrected chi connectivity index (χ1v) is 23.5. The molecule has 2 aromatic heterocycles. The van der Waals surface area contributed by atoms with Gasteiger partial charge in [0.2, 0.25) is 17.7 Å². The fraction of sp³-hybridized carbons (Fsp3) is 0.459. The van der Waals surface area contributed by atoms with Gasteiger partial charge in [-0.05, 0) is 49.3 Å². The second-order valence-electron chi connectivity index (χ2n) is 15.3. The minimum absolute atomic E-state index is 0.0153. The molecule has 28 heteroatoms. The summed E-state index contributed by atoms with van der Waals surface area (Å²) in [5.74, 6) is -5.31. The van der Waals surface area contributed by atoms with Crippen molar-refractivity contribution in [1.82, 2.24) is 66.0 Å². The lowest BCUT2D eigenvalue weighted by molar-refractivity contribution is -0.161. The summed E-state index contributed by atoms with van der Waals surface area (Å²) in [6, 6.07) is 3.33. The number of hydrogen-bond acceptors (Lipinski definition) is 18. The Kier molecular flexibility index (Phi) is 13.8. The summed E-state index contributed by atoms with van der Waals surface area (Å²) in [5.41, 5.74) is 1.03. The van der Waals surface area contributed by atoms with Crippen molar-refractivity contribution < 1.29 is 53.4 Å². The van der Waals surface area contributed by atoms with Gasteiger partial charge in [-0.1, -0.05) is 53.4 Å². The lowest BCUT2D eigenvalue weighted by atomic mass is 9.95. The van der Waals surface area contributed by atoms with Gasteiger partial charge in [-0.15, -0.1) is 38.8 Å². The van der Waals surface area contributed by atoms with Gasteiger partial charge in [-0.3, -0.25) is 38.6 Å². The number of carboxylic acid groups (broad SMARTS) is 2. The molecule has 344 valence electrons. The van der Waals surface area contributed by atoms with Crippen LogP contribution in [0.25, 0.3) is 0 Å². The number of rotatable bonds is 13. The number of thioether (sulfide) groups is 3. The Balaban J connectivity index is 0.000000198. The summed E-state index contributed by atoms with van der Waals surface area (Å²) < 4.78 is 1.22. The maximum absolute atomic E-state index is 13.3. The molecule has 0 spiro atoms. The number of tetrazole rings is 1. The topological polar surface area (TPSA) is 313 Å². The predicted molar refractivity (Wildman–Crippen MR) is 230 cm³/mol. The third kappa shape index (κ3) is 9.50. The third-order valence-electron chi connectivity index (χ3n) is 10.7. The summed E-state index contributed by atoms with van der Waals surface area (Å²) in [6.07, 6.45) is 1.29. The number of carbonyl (C=O) groups is 9. The van der Waals surface area contributed by atoms with Crippen LogP contribution in [-0.2, 0) is 44.9 Å². The maximum Gasteiger partial charge on any atom is 0.352 e. The Labute approximate surface area is 385 Å². The molecule has 1 aromatic carbocycles. The van der Waals surface area contributed by atoms with E-state index in [2.05, 4.69) is 41.7 Å². The minimum atomic E-state index is -1.26. The third-order valence-corrected chi connectivity index (χ3v) is 15.7. The van der Waals surface area contributed by atoms with Crippen LogP contribution in [0.2, 0.25) is 0 Å². The number of imide groups is 1. The molecular formula is C37H41N13O11S4. The molecule has 6 atom stereocenters. The summed E-state index contributed by atoms with van der Waals surface area (Å²) in [5, 5.41) is 45.3. The largest absolute Gasteiger partial charge is 0.480 e. The van der Waals surface area contributed by atoms with Gasteiger partial charge in [-0.2, -0.15) is 0 Å². The smallest absolute Gasteiger partial charge is 0.352 e. The number of nitrogens with zero attached hydrogens (tertiary/aromatic N) is 10. The highest BCUT2D eigenvalue weighted by Gasteiger charge is 2.64. The number of fused-ring (bicyclic) bond motifs is 2. The van der Waals surface area contributed by atoms with Gasteiger partial charge in [0.15, 0.2) is 4.34 Å². The number of β-lactam (4-membered cyclic amide) rings is 2. The molecule has 0 radical (unpaired) electrons. The number of aromatic nitrogens is 6. The van der Waals surface area contributed by atoms with Crippen LogP contribution in [0.1, 0.15) is 37.4 Å². The zero-order chi connectivity index (χ0) is 46.9. The Morgan fingerprint density at radius 2 is 1.68 bits per heavy atom. The number of aryl methyl sites for hydroxylation is 1. The van der Waals surface area contributed by atoms with Crippen molar-refractivity contribution in [3.8, 4) is 0 Å². The van der Waals surface area contributed by atoms with Crippen LogP contribution in [0.4, 0.5) is 4.79 Å². The van der Waals surface area contributed by atoms with Crippen LogP contribution in [0, 0.1) is 6.92 Å². The fourth-order valence-electron chi connectivity index (χ4n) is 7.60. The Hall–Kier alpha value is -6.13. The summed E-state index contributed by atoms with van der Waals surface area (Å²) in [7, 11) is 0. The molecule has 24 nitrogen and oxygen atoms in total. The van der Waals surface area contributed by atoms with Gasteiger partial charge in [0, 0.05) is 35.9 Å². The van der Waals surface area contributed by atoms with Crippen LogP contribution in [0.5, 0.6) is 0 Å². The lowest BCUT2D eigenvalue weighted by Crippen LogP contribution is -2.71. The van der Waals surface area contributed by atoms with E-state index in [4.69, 9.17) is 0 Å². The number of likely N-dealkylation sites (N-methyl/N-ethyl adjacent to an activating group) is 1. The van der Waals surface area contributed by atoms with Crippen molar-refractivity contribution in [3.05, 3.63) is 58.5 Å². The van der Waals surface area contributed by atoms with Crippen molar-refractivity contribution in [2.75, 3.05) is 31.1 Å². The zero-order valence-corrected chi connectivity index (χ0v) is 38.1. The average Bonchev–Trinajstić information content (AvgIpc) is 4.01. The first-order chi connectivity index (χ1) is 30.9. The molecule has 5 aliphatic rings. The van der Waals surface area contributed by atoms with Crippen LogP contribution >= 0.6 is 46.6 Å². The van der Waals surface area contributed by atoms with Gasteiger partial charge in [0.1, 0.15) is 58.5 Å². The highest BCUT2D eigenvalue weighted by molar-refractivity contribution is 8.02. The molecule has 0 aliphatic carbocycles. The van der Waals surface area contributed by atoms with Gasteiger partial charge < -0.3 is 36.0 Å². The number of amides is 8. The van der Waals surface area contributed by atoms with E-state index in [0.29, 0.717) is 29.2 Å². The number of carbonyl (C=O) groups excluding carboxylic acids is 7. The van der Waals surface area contributed by atoms with Crippen molar-refractivity contribution in [2.45, 2.75) is 78.2 Å². The van der Waals surface area contributed by atoms with Gasteiger partial charge in [0.25, 0.3) is 5.91 Å². The van der Waals surface area contributed by atoms with Crippen LogP contribution in [0.3, 0.4) is 0 Å². The molecule has 8 amide bonds. The van der Waals surface area contributed by atoms with E-state index in [0.717, 1.165) is 14.2 Å². The number of carboxylic acids is 2. The number of aliphatic carboxylic acids is 2. The second kappa shape index (κ2) is 19.1. The number of piperazine rings is 1. The molecule has 4 fully saturated rings. The highest BCUT2D eigenvalue weighted by Crippen LogP contribution is 2.51. The summed E-state index contributed by atoms with van der Waals surface area (Å²) >= 11 is 5.52. The Bertz CT molecular complexity index is 2450. The Morgan fingerprint density at radius 1 is 0.954 bits per heavy atom. The van der Waals surface area contributed by atoms with Crippen LogP contribution < -0.4 is 16.0 Å². The molecule has 0 bridgehead atoms. The number of urea groups is 1. The first-order valence-electron chi connectivity index (χ1n) is 19.7. The van der Waals surface area contributed by atoms with Crippen molar-refractivity contribution >= 4 is 100 Å². The fourth-order valence-corrected chi connectivity index (χ4v) is 12.5. The van der Waals surface area contributed by atoms with E-state index in [1.165, 1.54) is 72.3 Å². The maximum atomic E-state index is 13.3. The number of nitrogens with one attached hydrogen (secondary N) is 3. The average molecular weight is 972 g/mol. The van der Waals surface area contributed by atoms with E-state index in [-0.39, 0.29) is 25.3 Å². The molecular weight excluding hydrogens is 931 g/mol. The SMILES string of the molecule is CCN1CCN(C(=O)N[C@@H](C(=O)N[C@@H]2C(=O)N3[C@@H]2SC(C)(C)[C@@H]3C(=O)O)c2ccccc2)C(=O)C1=O.Cc1nnc(SCC2=C(C(=O)O)N3C(=O)[C@@H](NC(=O)Cn4cnnn4)[C@H]3SC2)s1. The predicted octanol–water partition coefficient (Wildman–Crippen LogP) is -0.876. The molecule has 4 saturated heterocycles. The highest BCUT2D eigenvalue weighted by atomic mass is 32.2. The molecule has 5 aliphatic heterocycles. The molecule has 65 heavy (non-hydrogen) atoms. The lowest BCUT2D eigenvalue weighted by Gasteiger charge is -2.49. The molecule has 0 unspecified atom stereocenters. The van der Waals surface area contributed by atoms with Crippen LogP contribution in [0.15, 0.2) is 52.3 Å². The van der Waals surface area contributed by atoms with Gasteiger partial charge in [-0.25, -0.2) is 19.1 Å². The minimum Gasteiger partial charge on any atom is -0.480 e. The molecule has 0 saturated carbocycles. The normalized spacial score (nSPS) is 23.6. The molecule has 8 rings (SSSR count). The van der Waals surface area contributed by atoms with E-state index in [1.54, 1.807) is 51.1 Å². The van der Waals surface area contributed by atoms with Gasteiger partial charge >= 0.3 is 29.8 Å². The van der Waals surface area contributed by atoms with Crippen LogP contribution in [-0.4, -0.2) is 178 Å². The van der Waals surface area contributed by atoms with Gasteiger partial charge in [0.05, 0.1) is 0 Å². The molecule has 5 N–H and O–H groups in total. The number of benzene rings is 1. The monoisotopic (exact) mass is 971 g/mol. The zero-order valence-electron chi connectivity index (χ0n) is 34.8. The van der Waals surface area contributed by atoms with Crippen molar-refractivity contribution in [1.29, 1.82) is 0 Å². The van der Waals surface area contributed by atoms with E-state index in [9.17, 15) is 53.4 Å². The molecule has 3 aromatic rings.